The van der Waals surface area contributed by atoms with E-state index in [-0.39, 0.29) is 11.8 Å². The maximum atomic E-state index is 12.6. The van der Waals surface area contributed by atoms with Crippen LogP contribution in [0.4, 0.5) is 0 Å². The van der Waals surface area contributed by atoms with Crippen molar-refractivity contribution in [3.63, 3.8) is 0 Å². The summed E-state index contributed by atoms with van der Waals surface area (Å²) in [6.07, 6.45) is 0.898. The lowest BCUT2D eigenvalue weighted by molar-refractivity contribution is -0.125. The van der Waals surface area contributed by atoms with Crippen LogP contribution in [0.3, 0.4) is 0 Å². The Hall–Kier alpha value is -2.77. The van der Waals surface area contributed by atoms with Crippen LogP contribution in [0.25, 0.3) is 0 Å². The van der Waals surface area contributed by atoms with E-state index in [2.05, 4.69) is 23.6 Å². The SMILES string of the molecule is CC[C@H](CNC(=O)[C@@H](C)SC1=C(C#N)C(C)(C)[C@@H](C#N)C(=O)N1)c1ccccc1. The van der Waals surface area contributed by atoms with Gasteiger partial charge in [0.2, 0.25) is 11.8 Å². The summed E-state index contributed by atoms with van der Waals surface area (Å²) >= 11 is 1.14. The van der Waals surface area contributed by atoms with Gasteiger partial charge in [-0.1, -0.05) is 62.9 Å². The van der Waals surface area contributed by atoms with E-state index < -0.39 is 22.5 Å². The Balaban J connectivity index is 2.08. The fourth-order valence-corrected chi connectivity index (χ4v) is 4.47. The Bertz CT molecular complexity index is 880. The van der Waals surface area contributed by atoms with Crippen LogP contribution in [0.15, 0.2) is 40.9 Å². The van der Waals surface area contributed by atoms with Crippen molar-refractivity contribution < 1.29 is 9.59 Å². The van der Waals surface area contributed by atoms with Crippen molar-refractivity contribution in [2.75, 3.05) is 6.54 Å². The lowest BCUT2D eigenvalue weighted by Crippen LogP contribution is -2.45. The van der Waals surface area contributed by atoms with Gasteiger partial charge in [0.1, 0.15) is 5.92 Å². The number of carbonyl (C=O) groups is 2. The van der Waals surface area contributed by atoms with Crippen molar-refractivity contribution in [3.8, 4) is 12.1 Å². The molecular formula is C22H26N4O2S. The Morgan fingerprint density at radius 2 is 1.97 bits per heavy atom. The topological polar surface area (TPSA) is 106 Å². The number of nitrogens with one attached hydrogen (secondary N) is 2. The van der Waals surface area contributed by atoms with E-state index in [1.807, 2.05) is 36.4 Å². The summed E-state index contributed by atoms with van der Waals surface area (Å²) in [7, 11) is 0. The first-order chi connectivity index (χ1) is 13.8. The van der Waals surface area contributed by atoms with Crippen molar-refractivity contribution in [1.82, 2.24) is 10.6 Å². The largest absolute Gasteiger partial charge is 0.355 e. The first kappa shape index (κ1) is 22.5. The average Bonchev–Trinajstić information content (AvgIpc) is 2.68. The third-order valence-electron chi connectivity index (χ3n) is 5.28. The first-order valence-electron chi connectivity index (χ1n) is 9.60. The number of rotatable bonds is 7. The smallest absolute Gasteiger partial charge is 0.243 e. The van der Waals surface area contributed by atoms with Crippen molar-refractivity contribution in [1.29, 1.82) is 10.5 Å². The molecule has 3 atom stereocenters. The number of carbonyl (C=O) groups excluding carboxylic acids is 2. The van der Waals surface area contributed by atoms with E-state index in [9.17, 15) is 20.1 Å². The van der Waals surface area contributed by atoms with E-state index in [0.717, 1.165) is 18.2 Å². The molecule has 0 aliphatic carbocycles. The number of allylic oxidation sites excluding steroid dienone is 1. The minimum absolute atomic E-state index is 0.163. The second kappa shape index (κ2) is 9.62. The number of nitriles is 2. The number of nitrogens with zero attached hydrogens (tertiary/aromatic N) is 2. The fourth-order valence-electron chi connectivity index (χ4n) is 3.34. The monoisotopic (exact) mass is 410 g/mol. The Kier molecular flexibility index (Phi) is 7.47. The van der Waals surface area contributed by atoms with Gasteiger partial charge in [-0.25, -0.2) is 0 Å². The van der Waals surface area contributed by atoms with Crippen LogP contribution in [0.5, 0.6) is 0 Å². The summed E-state index contributed by atoms with van der Waals surface area (Å²) < 4.78 is 0. The molecule has 1 aromatic rings. The molecule has 29 heavy (non-hydrogen) atoms. The number of thioether (sulfide) groups is 1. The van der Waals surface area contributed by atoms with Crippen LogP contribution in [0.2, 0.25) is 0 Å². The van der Waals surface area contributed by atoms with Gasteiger partial charge in [0.05, 0.1) is 28.0 Å². The summed E-state index contributed by atoms with van der Waals surface area (Å²) in [6.45, 7) is 7.74. The maximum Gasteiger partial charge on any atom is 0.243 e. The van der Waals surface area contributed by atoms with Gasteiger partial charge in [-0.05, 0) is 18.9 Å². The molecule has 0 saturated carbocycles. The Morgan fingerprint density at radius 1 is 1.31 bits per heavy atom. The molecule has 0 radical (unpaired) electrons. The highest BCUT2D eigenvalue weighted by molar-refractivity contribution is 8.04. The molecule has 1 aromatic carbocycles. The molecule has 2 rings (SSSR count). The molecule has 0 unspecified atom stereocenters. The van der Waals surface area contributed by atoms with Gasteiger partial charge in [-0.15, -0.1) is 0 Å². The van der Waals surface area contributed by atoms with Crippen LogP contribution in [-0.4, -0.2) is 23.6 Å². The van der Waals surface area contributed by atoms with Crippen LogP contribution in [0, 0.1) is 34.0 Å². The molecule has 1 aliphatic rings. The fraction of sp³-hybridized carbons (Fsp3) is 0.455. The number of hydrogen-bond acceptors (Lipinski definition) is 5. The zero-order valence-electron chi connectivity index (χ0n) is 17.2. The molecule has 1 aliphatic heterocycles. The van der Waals surface area contributed by atoms with Crippen molar-refractivity contribution in [2.45, 2.75) is 45.3 Å². The molecule has 0 saturated heterocycles. The predicted octanol–water partition coefficient (Wildman–Crippen LogP) is 3.45. The van der Waals surface area contributed by atoms with Crippen LogP contribution >= 0.6 is 11.8 Å². The average molecular weight is 411 g/mol. The summed E-state index contributed by atoms with van der Waals surface area (Å²) in [5.74, 6) is -1.33. The van der Waals surface area contributed by atoms with E-state index in [0.29, 0.717) is 17.1 Å². The molecule has 0 bridgehead atoms. The highest BCUT2D eigenvalue weighted by atomic mass is 32.2. The molecule has 152 valence electrons. The van der Waals surface area contributed by atoms with Gasteiger partial charge >= 0.3 is 0 Å². The second-order valence-corrected chi connectivity index (χ2v) is 8.96. The lowest BCUT2D eigenvalue weighted by Gasteiger charge is -2.35. The molecule has 6 nitrogen and oxygen atoms in total. The zero-order valence-corrected chi connectivity index (χ0v) is 18.0. The molecule has 2 N–H and O–H groups in total. The minimum atomic E-state index is -0.943. The normalized spacial score (nSPS) is 20.1. The zero-order chi connectivity index (χ0) is 21.6. The quantitative estimate of drug-likeness (QED) is 0.716. The van der Waals surface area contributed by atoms with Crippen LogP contribution < -0.4 is 10.6 Å². The first-order valence-corrected chi connectivity index (χ1v) is 10.5. The third-order valence-corrected chi connectivity index (χ3v) is 6.39. The van der Waals surface area contributed by atoms with Gasteiger partial charge < -0.3 is 10.6 Å². The molecule has 2 amide bonds. The third kappa shape index (κ3) is 4.99. The lowest BCUT2D eigenvalue weighted by atomic mass is 9.72. The van der Waals surface area contributed by atoms with Crippen molar-refractivity contribution in [2.24, 2.45) is 11.3 Å². The highest BCUT2D eigenvalue weighted by Crippen LogP contribution is 2.42. The van der Waals surface area contributed by atoms with E-state index >= 15 is 0 Å². The van der Waals surface area contributed by atoms with Crippen molar-refractivity contribution in [3.05, 3.63) is 46.5 Å². The van der Waals surface area contributed by atoms with E-state index in [1.165, 1.54) is 5.56 Å². The molecular weight excluding hydrogens is 384 g/mol. The molecule has 7 heteroatoms. The summed E-state index contributed by atoms with van der Waals surface area (Å²) in [4.78, 5) is 24.9. The number of amides is 2. The van der Waals surface area contributed by atoms with Crippen LogP contribution in [-0.2, 0) is 9.59 Å². The summed E-state index contributed by atoms with van der Waals surface area (Å²) in [6, 6.07) is 14.1. The van der Waals surface area contributed by atoms with Gasteiger partial charge in [0.15, 0.2) is 0 Å². The standard InChI is InChI=1S/C22H26N4O2S/c1-5-15(16-9-7-6-8-10-16)13-25-19(27)14(2)29-21-18(12-24)22(3,4)17(11-23)20(28)26-21/h6-10,14-15,17H,5,13H2,1-4H3,(H,25,27)(H,26,28)/t14-,15-,17+/m1/s1. The number of benzene rings is 1. The van der Waals surface area contributed by atoms with Gasteiger partial charge in [0, 0.05) is 17.9 Å². The van der Waals surface area contributed by atoms with Gasteiger partial charge in [0.25, 0.3) is 0 Å². The maximum absolute atomic E-state index is 12.6. The molecule has 0 spiro atoms. The van der Waals surface area contributed by atoms with Crippen LogP contribution in [0.1, 0.15) is 45.6 Å². The molecule has 0 fully saturated rings. The minimum Gasteiger partial charge on any atom is -0.355 e. The molecule has 1 heterocycles. The van der Waals surface area contributed by atoms with Crippen molar-refractivity contribution >= 4 is 23.6 Å². The van der Waals surface area contributed by atoms with Gasteiger partial charge in [-0.2, -0.15) is 10.5 Å². The number of hydrogen-bond donors (Lipinski definition) is 2. The Labute approximate surface area is 176 Å². The summed E-state index contributed by atoms with van der Waals surface area (Å²) in [5, 5.41) is 24.4. The highest BCUT2D eigenvalue weighted by Gasteiger charge is 2.45. The predicted molar refractivity (Wildman–Crippen MR) is 113 cm³/mol. The summed E-state index contributed by atoms with van der Waals surface area (Å²) in [5.41, 5.74) is 0.586. The van der Waals surface area contributed by atoms with Gasteiger partial charge in [-0.3, -0.25) is 9.59 Å². The Morgan fingerprint density at radius 3 is 2.52 bits per heavy atom. The van der Waals surface area contributed by atoms with E-state index in [1.54, 1.807) is 20.8 Å². The van der Waals surface area contributed by atoms with E-state index in [4.69, 9.17) is 0 Å². The molecule has 0 aromatic heterocycles. The second-order valence-electron chi connectivity index (χ2n) is 7.61.